The van der Waals surface area contributed by atoms with Crippen LogP contribution in [0.3, 0.4) is 0 Å². The van der Waals surface area contributed by atoms with Crippen molar-refractivity contribution in [3.63, 3.8) is 0 Å². The molecule has 6 nitrogen and oxygen atoms in total. The van der Waals surface area contributed by atoms with Gasteiger partial charge in [-0.3, -0.25) is 4.79 Å². The first kappa shape index (κ1) is 16.2. The maximum absolute atomic E-state index is 11.7. The van der Waals surface area contributed by atoms with Gasteiger partial charge in [-0.25, -0.2) is 4.68 Å². The Labute approximate surface area is 139 Å². The molecule has 0 aliphatic carbocycles. The standard InChI is InChI=1S/C12H14BrN5OS2/c13-9-1-3-10(4-2-9)20-6-5-15-11(19)7-21-12-17-16-8-18(12)14/h1-4,8H,5-7,14H2,(H,15,19). The van der Waals surface area contributed by atoms with Crippen molar-refractivity contribution in [2.75, 3.05) is 23.9 Å². The molecule has 9 heteroatoms. The molecule has 0 unspecified atom stereocenters. The maximum atomic E-state index is 11.7. The second kappa shape index (κ2) is 8.30. The number of carbonyl (C=O) groups excluding carboxylic acids is 1. The maximum Gasteiger partial charge on any atom is 0.230 e. The number of nitrogen functional groups attached to an aromatic ring is 1. The van der Waals surface area contributed by atoms with Gasteiger partial charge in [0.2, 0.25) is 11.1 Å². The summed E-state index contributed by atoms with van der Waals surface area (Å²) in [6, 6.07) is 8.09. The summed E-state index contributed by atoms with van der Waals surface area (Å²) in [5.74, 6) is 6.61. The molecule has 1 amide bonds. The van der Waals surface area contributed by atoms with Crippen LogP contribution >= 0.6 is 39.5 Å². The molecule has 0 radical (unpaired) electrons. The summed E-state index contributed by atoms with van der Waals surface area (Å²) in [4.78, 5) is 12.8. The van der Waals surface area contributed by atoms with E-state index in [1.165, 1.54) is 27.7 Å². The Balaban J connectivity index is 1.61. The van der Waals surface area contributed by atoms with E-state index in [0.29, 0.717) is 11.7 Å². The van der Waals surface area contributed by atoms with Gasteiger partial charge < -0.3 is 11.2 Å². The number of amides is 1. The molecule has 2 rings (SSSR count). The molecule has 21 heavy (non-hydrogen) atoms. The molecule has 0 fully saturated rings. The number of nitrogens with one attached hydrogen (secondary N) is 1. The minimum Gasteiger partial charge on any atom is -0.355 e. The summed E-state index contributed by atoms with van der Waals surface area (Å²) in [5.41, 5.74) is 0. The Bertz CT molecular complexity index is 590. The third-order valence-corrected chi connectivity index (χ3v) is 4.88. The van der Waals surface area contributed by atoms with E-state index in [2.05, 4.69) is 31.4 Å². The molecule has 0 spiro atoms. The number of halogens is 1. The Morgan fingerprint density at radius 1 is 1.33 bits per heavy atom. The molecule has 0 aliphatic rings. The van der Waals surface area contributed by atoms with Gasteiger partial charge in [-0.1, -0.05) is 27.7 Å². The van der Waals surface area contributed by atoms with E-state index in [9.17, 15) is 4.79 Å². The molecule has 3 N–H and O–H groups in total. The molecule has 0 saturated heterocycles. The number of hydrogen-bond donors (Lipinski definition) is 2. The highest BCUT2D eigenvalue weighted by atomic mass is 79.9. The highest BCUT2D eigenvalue weighted by Crippen LogP contribution is 2.20. The second-order valence-corrected chi connectivity index (χ2v) is 6.99. The zero-order chi connectivity index (χ0) is 15.1. The summed E-state index contributed by atoms with van der Waals surface area (Å²) < 4.78 is 2.35. The zero-order valence-electron chi connectivity index (χ0n) is 11.0. The first-order valence-corrected chi connectivity index (χ1v) is 8.84. The van der Waals surface area contributed by atoms with E-state index in [0.717, 1.165) is 10.2 Å². The molecular formula is C12H14BrN5OS2. The average Bonchev–Trinajstić information content (AvgIpc) is 2.89. The van der Waals surface area contributed by atoms with Crippen molar-refractivity contribution >= 4 is 45.4 Å². The van der Waals surface area contributed by atoms with Crippen LogP contribution in [0.25, 0.3) is 0 Å². The third kappa shape index (κ3) is 5.60. The molecule has 0 atom stereocenters. The first-order chi connectivity index (χ1) is 10.1. The third-order valence-electron chi connectivity index (χ3n) is 2.38. The summed E-state index contributed by atoms with van der Waals surface area (Å²) >= 11 is 6.35. The molecule has 0 saturated carbocycles. The van der Waals surface area contributed by atoms with Crippen molar-refractivity contribution in [2.45, 2.75) is 10.1 Å². The average molecular weight is 388 g/mol. The van der Waals surface area contributed by atoms with Crippen molar-refractivity contribution in [1.82, 2.24) is 20.2 Å². The van der Waals surface area contributed by atoms with Crippen LogP contribution in [0.2, 0.25) is 0 Å². The lowest BCUT2D eigenvalue weighted by atomic mass is 10.4. The lowest BCUT2D eigenvalue weighted by Gasteiger charge is -2.05. The van der Waals surface area contributed by atoms with Crippen molar-refractivity contribution in [3.8, 4) is 0 Å². The molecule has 1 heterocycles. The van der Waals surface area contributed by atoms with Gasteiger partial charge >= 0.3 is 0 Å². The Kier molecular flexibility index (Phi) is 6.40. The summed E-state index contributed by atoms with van der Waals surface area (Å²) in [7, 11) is 0. The van der Waals surface area contributed by atoms with E-state index in [4.69, 9.17) is 5.84 Å². The van der Waals surface area contributed by atoms with E-state index < -0.39 is 0 Å². The van der Waals surface area contributed by atoms with Crippen molar-refractivity contribution in [2.24, 2.45) is 0 Å². The minimum absolute atomic E-state index is 0.0422. The summed E-state index contributed by atoms with van der Waals surface area (Å²) in [6.45, 7) is 0.620. The topological polar surface area (TPSA) is 85.8 Å². The van der Waals surface area contributed by atoms with Crippen LogP contribution in [-0.4, -0.2) is 38.8 Å². The molecule has 2 aromatic rings. The Hall–Kier alpha value is -1.19. The van der Waals surface area contributed by atoms with E-state index in [-0.39, 0.29) is 11.7 Å². The minimum atomic E-state index is -0.0422. The van der Waals surface area contributed by atoms with Crippen molar-refractivity contribution < 1.29 is 4.79 Å². The fourth-order valence-corrected chi connectivity index (χ4v) is 3.10. The van der Waals surface area contributed by atoms with Crippen LogP contribution in [0.5, 0.6) is 0 Å². The number of hydrogen-bond acceptors (Lipinski definition) is 6. The van der Waals surface area contributed by atoms with Crippen LogP contribution in [0.1, 0.15) is 0 Å². The summed E-state index contributed by atoms with van der Waals surface area (Å²) in [5, 5.41) is 10.8. The van der Waals surface area contributed by atoms with Gasteiger partial charge in [0.1, 0.15) is 6.33 Å². The van der Waals surface area contributed by atoms with Crippen molar-refractivity contribution in [3.05, 3.63) is 35.1 Å². The summed E-state index contributed by atoms with van der Waals surface area (Å²) in [6.07, 6.45) is 1.40. The van der Waals surface area contributed by atoms with Crippen LogP contribution in [0, 0.1) is 0 Å². The van der Waals surface area contributed by atoms with Crippen molar-refractivity contribution in [1.29, 1.82) is 0 Å². The fourth-order valence-electron chi connectivity index (χ4n) is 1.41. The van der Waals surface area contributed by atoms with Crippen LogP contribution < -0.4 is 11.2 Å². The smallest absolute Gasteiger partial charge is 0.230 e. The van der Waals surface area contributed by atoms with Gasteiger partial charge in [0, 0.05) is 21.7 Å². The SMILES string of the molecule is Nn1cnnc1SCC(=O)NCCSc1ccc(Br)cc1. The first-order valence-electron chi connectivity index (χ1n) is 6.08. The molecule has 1 aromatic carbocycles. The number of carbonyl (C=O) groups is 1. The lowest BCUT2D eigenvalue weighted by Crippen LogP contribution is -2.27. The fraction of sp³-hybridized carbons (Fsp3) is 0.250. The molecule has 0 aliphatic heterocycles. The second-order valence-electron chi connectivity index (χ2n) is 3.96. The molecular weight excluding hydrogens is 374 g/mol. The zero-order valence-corrected chi connectivity index (χ0v) is 14.2. The molecule has 1 aromatic heterocycles. The highest BCUT2D eigenvalue weighted by molar-refractivity contribution is 9.10. The van der Waals surface area contributed by atoms with Gasteiger partial charge in [-0.15, -0.1) is 22.0 Å². The Morgan fingerprint density at radius 2 is 2.10 bits per heavy atom. The van der Waals surface area contributed by atoms with Gasteiger partial charge in [0.05, 0.1) is 5.75 Å². The van der Waals surface area contributed by atoms with E-state index >= 15 is 0 Å². The normalized spacial score (nSPS) is 10.5. The monoisotopic (exact) mass is 387 g/mol. The number of nitrogens with zero attached hydrogens (tertiary/aromatic N) is 3. The van der Waals surface area contributed by atoms with Gasteiger partial charge in [-0.05, 0) is 24.3 Å². The predicted octanol–water partition coefficient (Wildman–Crippen LogP) is 1.75. The largest absolute Gasteiger partial charge is 0.355 e. The Morgan fingerprint density at radius 3 is 2.76 bits per heavy atom. The number of aromatic nitrogens is 3. The van der Waals surface area contributed by atoms with E-state index in [1.54, 1.807) is 11.8 Å². The predicted molar refractivity (Wildman–Crippen MR) is 88.8 cm³/mol. The number of rotatable bonds is 7. The number of benzene rings is 1. The number of thioether (sulfide) groups is 2. The number of nitrogens with two attached hydrogens (primary N) is 1. The van der Waals surface area contributed by atoms with Crippen LogP contribution in [0.4, 0.5) is 0 Å². The quantitative estimate of drug-likeness (QED) is 0.427. The molecule has 0 bridgehead atoms. The lowest BCUT2D eigenvalue weighted by molar-refractivity contribution is -0.118. The van der Waals surface area contributed by atoms with Crippen LogP contribution in [0.15, 0.2) is 45.1 Å². The van der Waals surface area contributed by atoms with Gasteiger partial charge in [-0.2, -0.15) is 0 Å². The highest BCUT2D eigenvalue weighted by Gasteiger charge is 2.06. The molecule has 112 valence electrons. The van der Waals surface area contributed by atoms with Gasteiger partial charge in [0.15, 0.2) is 0 Å². The van der Waals surface area contributed by atoms with Gasteiger partial charge in [0.25, 0.3) is 0 Å². The van der Waals surface area contributed by atoms with E-state index in [1.807, 2.05) is 24.3 Å². The van der Waals surface area contributed by atoms with Crippen LogP contribution in [-0.2, 0) is 4.79 Å².